The number of nitro benzene ring substituents is 1. The molecule has 1 fully saturated rings. The molecule has 3 aromatic carbocycles. The SMILES string of the molecule is CCOc1cc(/C=C2/SC(=O)N(Cc3ccc(Cl)cc3)C2=O)ccc1OCc1ccccc1[N+](=O)[O-]. The van der Waals surface area contributed by atoms with Crippen molar-refractivity contribution in [3.63, 3.8) is 0 Å². The standard InChI is InChI=1S/C26H21ClN2O6S/c1-2-34-23-13-18(9-12-22(23)35-16-19-5-3-4-6-21(19)29(32)33)14-24-25(30)28(26(31)36-24)15-17-7-10-20(27)11-8-17/h3-14H,2,15-16H2,1H3/b24-14+. The molecule has 36 heavy (non-hydrogen) atoms. The van der Waals surface area contributed by atoms with Crippen molar-refractivity contribution < 1.29 is 24.0 Å². The minimum atomic E-state index is -0.453. The Bertz CT molecular complexity index is 1340. The number of ether oxygens (including phenoxy) is 2. The van der Waals surface area contributed by atoms with E-state index in [4.69, 9.17) is 21.1 Å². The molecule has 1 heterocycles. The number of carbonyl (C=O) groups is 2. The summed E-state index contributed by atoms with van der Waals surface area (Å²) in [7, 11) is 0. The van der Waals surface area contributed by atoms with E-state index < -0.39 is 4.92 Å². The van der Waals surface area contributed by atoms with Crippen LogP contribution in [0, 0.1) is 10.1 Å². The molecule has 1 aliphatic rings. The lowest BCUT2D eigenvalue weighted by atomic mass is 10.1. The van der Waals surface area contributed by atoms with E-state index in [0.717, 1.165) is 17.3 Å². The molecule has 1 saturated heterocycles. The zero-order valence-electron chi connectivity index (χ0n) is 19.2. The molecule has 0 saturated carbocycles. The molecule has 0 atom stereocenters. The summed E-state index contributed by atoms with van der Waals surface area (Å²) in [6.07, 6.45) is 1.63. The van der Waals surface area contributed by atoms with Crippen LogP contribution in [0.4, 0.5) is 10.5 Å². The van der Waals surface area contributed by atoms with Gasteiger partial charge >= 0.3 is 0 Å². The van der Waals surface area contributed by atoms with Crippen molar-refractivity contribution >= 4 is 46.3 Å². The minimum absolute atomic E-state index is 0.0137. The number of rotatable bonds is 9. The molecule has 0 aromatic heterocycles. The Labute approximate surface area is 216 Å². The summed E-state index contributed by atoms with van der Waals surface area (Å²) in [5.74, 6) is 0.447. The molecule has 0 unspecified atom stereocenters. The van der Waals surface area contributed by atoms with E-state index in [2.05, 4.69) is 0 Å². The number of para-hydroxylation sites is 1. The molecule has 4 rings (SSSR count). The summed E-state index contributed by atoms with van der Waals surface area (Å²) in [5.41, 5.74) is 1.85. The Morgan fingerprint density at radius 2 is 1.78 bits per heavy atom. The quantitative estimate of drug-likeness (QED) is 0.180. The van der Waals surface area contributed by atoms with Gasteiger partial charge in [-0.3, -0.25) is 24.6 Å². The predicted molar refractivity (Wildman–Crippen MR) is 138 cm³/mol. The number of hydrogen-bond donors (Lipinski definition) is 0. The van der Waals surface area contributed by atoms with Gasteiger partial charge in [-0.15, -0.1) is 0 Å². The molecule has 0 radical (unpaired) electrons. The smallest absolute Gasteiger partial charge is 0.293 e. The number of halogens is 1. The first-order valence-corrected chi connectivity index (χ1v) is 12.2. The summed E-state index contributed by atoms with van der Waals surface area (Å²) in [4.78, 5) is 37.7. The molecule has 10 heteroatoms. The van der Waals surface area contributed by atoms with E-state index in [-0.39, 0.29) is 30.0 Å². The molecule has 8 nitrogen and oxygen atoms in total. The Kier molecular flexibility index (Phi) is 7.92. The maximum Gasteiger partial charge on any atom is 0.293 e. The summed E-state index contributed by atoms with van der Waals surface area (Å²) < 4.78 is 11.5. The molecule has 0 spiro atoms. The normalized spacial score (nSPS) is 14.4. The number of nitro groups is 1. The highest BCUT2D eigenvalue weighted by molar-refractivity contribution is 8.18. The highest BCUT2D eigenvalue weighted by Gasteiger charge is 2.35. The lowest BCUT2D eigenvalue weighted by Gasteiger charge is -2.13. The van der Waals surface area contributed by atoms with Crippen LogP contribution in [0.15, 0.2) is 71.6 Å². The van der Waals surface area contributed by atoms with Crippen LogP contribution in [-0.4, -0.2) is 27.6 Å². The Balaban J connectivity index is 1.51. The highest BCUT2D eigenvalue weighted by Crippen LogP contribution is 2.36. The van der Waals surface area contributed by atoms with Gasteiger partial charge in [0.25, 0.3) is 16.8 Å². The third-order valence-corrected chi connectivity index (χ3v) is 6.42. The molecule has 184 valence electrons. The van der Waals surface area contributed by atoms with E-state index in [1.807, 2.05) is 6.92 Å². The molecule has 0 N–H and O–H groups in total. The van der Waals surface area contributed by atoms with Gasteiger partial charge in [-0.1, -0.05) is 41.9 Å². The van der Waals surface area contributed by atoms with Gasteiger partial charge in [0, 0.05) is 11.1 Å². The predicted octanol–water partition coefficient (Wildman–Crippen LogP) is 6.46. The Morgan fingerprint density at radius 1 is 1.03 bits per heavy atom. The van der Waals surface area contributed by atoms with Crippen molar-refractivity contribution in [2.75, 3.05) is 6.61 Å². The first kappa shape index (κ1) is 25.3. The average molecular weight is 525 g/mol. The lowest BCUT2D eigenvalue weighted by molar-refractivity contribution is -0.385. The summed E-state index contributed by atoms with van der Waals surface area (Å²) in [6.45, 7) is 2.32. The van der Waals surface area contributed by atoms with Crippen molar-refractivity contribution in [3.8, 4) is 11.5 Å². The van der Waals surface area contributed by atoms with Crippen molar-refractivity contribution in [1.29, 1.82) is 0 Å². The van der Waals surface area contributed by atoms with Gasteiger partial charge in [0.2, 0.25) is 0 Å². The second kappa shape index (κ2) is 11.3. The topological polar surface area (TPSA) is 99.0 Å². The number of thioether (sulfide) groups is 1. The van der Waals surface area contributed by atoms with Gasteiger partial charge in [0.1, 0.15) is 6.61 Å². The van der Waals surface area contributed by atoms with Crippen molar-refractivity contribution in [2.45, 2.75) is 20.1 Å². The van der Waals surface area contributed by atoms with Crippen LogP contribution in [-0.2, 0) is 17.9 Å². The first-order valence-electron chi connectivity index (χ1n) is 11.0. The monoisotopic (exact) mass is 524 g/mol. The van der Waals surface area contributed by atoms with E-state index in [9.17, 15) is 19.7 Å². The third-order valence-electron chi connectivity index (χ3n) is 5.26. The fourth-order valence-corrected chi connectivity index (χ4v) is 4.49. The van der Waals surface area contributed by atoms with Crippen LogP contribution in [0.2, 0.25) is 5.02 Å². The maximum atomic E-state index is 12.9. The summed E-state index contributed by atoms with van der Waals surface area (Å²) >= 11 is 6.78. The maximum absolute atomic E-state index is 12.9. The molecule has 2 amide bonds. The third kappa shape index (κ3) is 5.87. The van der Waals surface area contributed by atoms with E-state index in [1.165, 1.54) is 11.0 Å². The van der Waals surface area contributed by atoms with Gasteiger partial charge in [0.05, 0.1) is 28.5 Å². The number of amides is 2. The number of carbonyl (C=O) groups excluding carboxylic acids is 2. The summed E-state index contributed by atoms with van der Waals surface area (Å²) in [5, 5.41) is 11.5. The molecule has 0 aliphatic carbocycles. The average Bonchev–Trinajstić information content (AvgIpc) is 3.12. The Hall–Kier alpha value is -3.82. The molecule has 3 aromatic rings. The number of benzene rings is 3. The van der Waals surface area contributed by atoms with Gasteiger partial charge in [-0.05, 0) is 66.2 Å². The minimum Gasteiger partial charge on any atom is -0.490 e. The largest absolute Gasteiger partial charge is 0.490 e. The zero-order chi connectivity index (χ0) is 25.7. The number of imide groups is 1. The second-order valence-corrected chi connectivity index (χ2v) is 9.14. The van der Waals surface area contributed by atoms with Crippen LogP contribution < -0.4 is 9.47 Å². The van der Waals surface area contributed by atoms with Gasteiger partial charge in [-0.2, -0.15) is 0 Å². The van der Waals surface area contributed by atoms with E-state index in [0.29, 0.717) is 39.2 Å². The van der Waals surface area contributed by atoms with Gasteiger partial charge < -0.3 is 9.47 Å². The molecular formula is C26H21ClN2O6S. The van der Waals surface area contributed by atoms with Crippen molar-refractivity contribution in [3.05, 3.63) is 103 Å². The van der Waals surface area contributed by atoms with Gasteiger partial charge in [-0.25, -0.2) is 0 Å². The van der Waals surface area contributed by atoms with Crippen LogP contribution >= 0.6 is 23.4 Å². The van der Waals surface area contributed by atoms with Gasteiger partial charge in [0.15, 0.2) is 11.5 Å². The fraction of sp³-hybridized carbons (Fsp3) is 0.154. The van der Waals surface area contributed by atoms with Crippen LogP contribution in [0.25, 0.3) is 6.08 Å². The van der Waals surface area contributed by atoms with E-state index in [1.54, 1.807) is 66.7 Å². The molecular weight excluding hydrogens is 504 g/mol. The zero-order valence-corrected chi connectivity index (χ0v) is 20.8. The van der Waals surface area contributed by atoms with Crippen LogP contribution in [0.5, 0.6) is 11.5 Å². The van der Waals surface area contributed by atoms with Crippen LogP contribution in [0.1, 0.15) is 23.6 Å². The number of hydrogen-bond acceptors (Lipinski definition) is 7. The summed E-state index contributed by atoms with van der Waals surface area (Å²) in [6, 6.07) is 18.4. The van der Waals surface area contributed by atoms with E-state index >= 15 is 0 Å². The lowest BCUT2D eigenvalue weighted by Crippen LogP contribution is -2.27. The van der Waals surface area contributed by atoms with Crippen LogP contribution in [0.3, 0.4) is 0 Å². The van der Waals surface area contributed by atoms with Crippen molar-refractivity contribution in [1.82, 2.24) is 4.90 Å². The molecule has 0 bridgehead atoms. The Morgan fingerprint density at radius 3 is 2.50 bits per heavy atom. The fourth-order valence-electron chi connectivity index (χ4n) is 3.53. The first-order chi connectivity index (χ1) is 17.4. The number of nitrogens with zero attached hydrogens (tertiary/aromatic N) is 2. The highest BCUT2D eigenvalue weighted by atomic mass is 35.5. The molecule has 1 aliphatic heterocycles. The van der Waals surface area contributed by atoms with Crippen molar-refractivity contribution in [2.24, 2.45) is 0 Å². The second-order valence-electron chi connectivity index (χ2n) is 7.71.